The fraction of sp³-hybridized carbons (Fsp3) is 0.600. The zero-order valence-corrected chi connectivity index (χ0v) is 12.0. The monoisotopic (exact) mass is 275 g/mol. The Morgan fingerprint density at radius 2 is 2.32 bits per heavy atom. The molecular formula is C15H21N3S. The third kappa shape index (κ3) is 3.50. The summed E-state index contributed by atoms with van der Waals surface area (Å²) in [6.45, 7) is 0.860. The van der Waals surface area contributed by atoms with Crippen LogP contribution in [-0.4, -0.2) is 28.5 Å². The van der Waals surface area contributed by atoms with E-state index in [0.29, 0.717) is 6.04 Å². The standard InChI is InChI=1S/C15H21N3S/c1-2-6-14-13(5-1)11-19-15(18-14)17-9-7-12-4-3-8-16-10-12/h3-4,8,10,13-14H,1-2,5-7,9,11H2,(H,17,18). The second-order valence-corrected chi connectivity index (χ2v) is 6.41. The molecule has 1 saturated carbocycles. The van der Waals surface area contributed by atoms with Crippen LogP contribution >= 0.6 is 11.8 Å². The predicted molar refractivity (Wildman–Crippen MR) is 81.6 cm³/mol. The van der Waals surface area contributed by atoms with Gasteiger partial charge in [-0.3, -0.25) is 9.98 Å². The molecule has 2 unspecified atom stereocenters. The van der Waals surface area contributed by atoms with Gasteiger partial charge in [-0.1, -0.05) is 30.7 Å². The molecule has 2 aliphatic rings. The van der Waals surface area contributed by atoms with Crippen LogP contribution in [0.15, 0.2) is 29.5 Å². The Kier molecular flexibility index (Phi) is 4.38. The molecule has 19 heavy (non-hydrogen) atoms. The van der Waals surface area contributed by atoms with Gasteiger partial charge in [0.1, 0.15) is 0 Å². The number of hydrogen-bond donors (Lipinski definition) is 1. The highest BCUT2D eigenvalue weighted by Gasteiger charge is 2.29. The average Bonchev–Trinajstić information content (AvgIpc) is 2.48. The molecule has 102 valence electrons. The minimum atomic E-state index is 0.687. The molecule has 2 atom stereocenters. The van der Waals surface area contributed by atoms with Crippen LogP contribution in [0.4, 0.5) is 0 Å². The molecule has 2 heterocycles. The van der Waals surface area contributed by atoms with E-state index in [1.54, 1.807) is 0 Å². The summed E-state index contributed by atoms with van der Waals surface area (Å²) >= 11 is 1.91. The van der Waals surface area contributed by atoms with Gasteiger partial charge in [-0.25, -0.2) is 0 Å². The molecule has 1 saturated heterocycles. The van der Waals surface area contributed by atoms with Gasteiger partial charge in [-0.15, -0.1) is 0 Å². The molecule has 0 amide bonds. The van der Waals surface area contributed by atoms with Gasteiger partial charge >= 0.3 is 0 Å². The lowest BCUT2D eigenvalue weighted by molar-refractivity contribution is 0.311. The van der Waals surface area contributed by atoms with E-state index in [2.05, 4.69) is 16.4 Å². The van der Waals surface area contributed by atoms with Gasteiger partial charge in [0, 0.05) is 30.7 Å². The van der Waals surface area contributed by atoms with Crippen LogP contribution in [0.1, 0.15) is 31.2 Å². The summed E-state index contributed by atoms with van der Waals surface area (Å²) in [5, 5.41) is 4.80. The van der Waals surface area contributed by atoms with E-state index in [0.717, 1.165) is 24.1 Å². The number of nitrogens with one attached hydrogen (secondary N) is 1. The number of thioether (sulfide) groups is 1. The number of hydrogen-bond acceptors (Lipinski definition) is 3. The van der Waals surface area contributed by atoms with Crippen molar-refractivity contribution in [3.8, 4) is 0 Å². The summed E-state index contributed by atoms with van der Waals surface area (Å²) in [7, 11) is 0. The highest BCUT2D eigenvalue weighted by Crippen LogP contribution is 2.31. The van der Waals surface area contributed by atoms with E-state index >= 15 is 0 Å². The average molecular weight is 275 g/mol. The first-order valence-electron chi connectivity index (χ1n) is 7.24. The third-order valence-electron chi connectivity index (χ3n) is 4.03. The molecule has 3 rings (SSSR count). The summed E-state index contributed by atoms with van der Waals surface area (Å²) in [5.74, 6) is 2.12. The van der Waals surface area contributed by atoms with Crippen LogP contribution in [0.5, 0.6) is 0 Å². The lowest BCUT2D eigenvalue weighted by atomic mass is 9.86. The Balaban J connectivity index is 1.50. The molecule has 1 aliphatic carbocycles. The van der Waals surface area contributed by atoms with Gasteiger partial charge in [0.25, 0.3) is 0 Å². The first kappa shape index (κ1) is 13.0. The van der Waals surface area contributed by atoms with E-state index in [4.69, 9.17) is 4.99 Å². The minimum Gasteiger partial charge on any atom is -0.362 e. The third-order valence-corrected chi connectivity index (χ3v) is 5.15. The number of amidine groups is 1. The Morgan fingerprint density at radius 1 is 1.37 bits per heavy atom. The van der Waals surface area contributed by atoms with E-state index < -0.39 is 0 Å². The molecule has 3 nitrogen and oxygen atoms in total. The largest absolute Gasteiger partial charge is 0.362 e. The highest BCUT2D eigenvalue weighted by atomic mass is 32.2. The summed E-state index contributed by atoms with van der Waals surface area (Å²) in [4.78, 5) is 8.84. The lowest BCUT2D eigenvalue weighted by Gasteiger charge is -2.36. The number of aliphatic imine (C=N–C) groups is 1. The van der Waals surface area contributed by atoms with Crippen molar-refractivity contribution in [3.05, 3.63) is 30.1 Å². The summed E-state index contributed by atoms with van der Waals surface area (Å²) in [6, 6.07) is 4.79. The van der Waals surface area contributed by atoms with Crippen molar-refractivity contribution in [3.63, 3.8) is 0 Å². The Labute approximate surface area is 119 Å². The van der Waals surface area contributed by atoms with Crippen molar-refractivity contribution in [1.82, 2.24) is 10.3 Å². The molecule has 0 bridgehead atoms. The topological polar surface area (TPSA) is 37.3 Å². The van der Waals surface area contributed by atoms with Crippen LogP contribution < -0.4 is 5.32 Å². The number of nitrogens with zero attached hydrogens (tertiary/aromatic N) is 2. The first-order valence-corrected chi connectivity index (χ1v) is 8.23. The number of fused-ring (bicyclic) bond motifs is 1. The first-order chi connectivity index (χ1) is 9.42. The smallest absolute Gasteiger partial charge is 0.156 e. The maximum atomic E-state index is 4.71. The Hall–Kier alpha value is -1.03. The number of rotatable bonds is 3. The Morgan fingerprint density at radius 3 is 3.21 bits per heavy atom. The summed E-state index contributed by atoms with van der Waals surface area (Å²) in [5.41, 5.74) is 1.27. The molecule has 4 heteroatoms. The molecule has 0 aromatic carbocycles. The van der Waals surface area contributed by atoms with Crippen molar-refractivity contribution in [1.29, 1.82) is 0 Å². The summed E-state index contributed by atoms with van der Waals surface area (Å²) < 4.78 is 0. The maximum absolute atomic E-state index is 4.71. The molecule has 0 radical (unpaired) electrons. The van der Waals surface area contributed by atoms with E-state index in [1.165, 1.54) is 37.0 Å². The van der Waals surface area contributed by atoms with Crippen molar-refractivity contribution in [2.24, 2.45) is 10.9 Å². The number of pyridine rings is 1. The van der Waals surface area contributed by atoms with Gasteiger partial charge in [0.05, 0.1) is 0 Å². The molecule has 1 aliphatic heterocycles. The summed E-state index contributed by atoms with van der Waals surface area (Å²) in [6.07, 6.45) is 10.2. The van der Waals surface area contributed by atoms with Gasteiger partial charge in [-0.05, 0) is 36.8 Å². The zero-order valence-electron chi connectivity index (χ0n) is 11.2. The van der Waals surface area contributed by atoms with Gasteiger partial charge in [0.15, 0.2) is 5.17 Å². The number of aromatic nitrogens is 1. The van der Waals surface area contributed by atoms with Crippen molar-refractivity contribution >= 4 is 16.9 Å². The van der Waals surface area contributed by atoms with Crippen LogP contribution in [0, 0.1) is 5.92 Å². The molecule has 1 aromatic rings. The fourth-order valence-corrected chi connectivity index (χ4v) is 4.10. The van der Waals surface area contributed by atoms with Crippen LogP contribution in [0.2, 0.25) is 0 Å². The van der Waals surface area contributed by atoms with Crippen LogP contribution in [0.3, 0.4) is 0 Å². The fourth-order valence-electron chi connectivity index (χ4n) is 2.91. The van der Waals surface area contributed by atoms with Crippen molar-refractivity contribution in [2.45, 2.75) is 38.1 Å². The van der Waals surface area contributed by atoms with E-state index in [-0.39, 0.29) is 0 Å². The molecular weight excluding hydrogens is 254 g/mol. The van der Waals surface area contributed by atoms with Crippen molar-refractivity contribution < 1.29 is 0 Å². The predicted octanol–water partition coefficient (Wildman–Crippen LogP) is 2.88. The molecule has 1 aromatic heterocycles. The second kappa shape index (κ2) is 6.42. The molecule has 1 N–H and O–H groups in total. The molecule has 0 spiro atoms. The zero-order chi connectivity index (χ0) is 12.9. The van der Waals surface area contributed by atoms with Gasteiger partial charge in [0.2, 0.25) is 0 Å². The Bertz CT molecular complexity index is 432. The van der Waals surface area contributed by atoms with Gasteiger partial charge in [-0.2, -0.15) is 0 Å². The van der Waals surface area contributed by atoms with Gasteiger partial charge < -0.3 is 5.32 Å². The van der Waals surface area contributed by atoms with E-state index in [9.17, 15) is 0 Å². The second-order valence-electron chi connectivity index (χ2n) is 5.40. The minimum absolute atomic E-state index is 0.687. The normalized spacial score (nSPS) is 28.7. The highest BCUT2D eigenvalue weighted by molar-refractivity contribution is 8.13. The van der Waals surface area contributed by atoms with Crippen molar-refractivity contribution in [2.75, 3.05) is 12.3 Å². The maximum Gasteiger partial charge on any atom is 0.156 e. The quantitative estimate of drug-likeness (QED) is 0.921. The lowest BCUT2D eigenvalue weighted by Crippen LogP contribution is -2.46. The van der Waals surface area contributed by atoms with E-state index in [1.807, 2.05) is 30.2 Å². The van der Waals surface area contributed by atoms with Crippen LogP contribution in [-0.2, 0) is 6.42 Å². The molecule has 2 fully saturated rings. The van der Waals surface area contributed by atoms with Crippen LogP contribution in [0.25, 0.3) is 0 Å². The SMILES string of the molecule is c1cncc(CCN=C2NC3CCCCC3CS2)c1.